The highest BCUT2D eigenvalue weighted by molar-refractivity contribution is 7.85. The predicted molar refractivity (Wildman–Crippen MR) is 111 cm³/mol. The maximum atomic E-state index is 13.5. The third kappa shape index (κ3) is 3.50. The first-order valence-corrected chi connectivity index (χ1v) is 13.8. The molecule has 0 aromatic rings. The number of carbonyl (C=O) groups is 3. The van der Waals surface area contributed by atoms with Crippen LogP contribution in [-0.4, -0.2) is 55.4 Å². The van der Waals surface area contributed by atoms with Crippen LogP contribution in [0.15, 0.2) is 0 Å². The molecule has 6 atom stereocenters. The van der Waals surface area contributed by atoms with E-state index < -0.39 is 57.3 Å². The van der Waals surface area contributed by atoms with Gasteiger partial charge in [-0.05, 0) is 69.1 Å². The number of rotatable bonds is 7. The first-order chi connectivity index (χ1) is 15.6. The molecule has 1 aliphatic heterocycles. The second kappa shape index (κ2) is 7.41. The van der Waals surface area contributed by atoms with Crippen molar-refractivity contribution in [3.8, 4) is 0 Å². The number of hydrogen-bond donors (Lipinski definition) is 1. The van der Waals surface area contributed by atoms with Gasteiger partial charge in [0, 0.05) is 11.8 Å². The van der Waals surface area contributed by atoms with E-state index in [1.807, 2.05) is 0 Å². The van der Waals surface area contributed by atoms with E-state index in [9.17, 15) is 22.8 Å². The molecule has 0 spiro atoms. The van der Waals surface area contributed by atoms with Crippen LogP contribution >= 0.6 is 0 Å². The molecular formula is C23H30O9S. The Morgan fingerprint density at radius 2 is 1.67 bits per heavy atom. The summed E-state index contributed by atoms with van der Waals surface area (Å²) >= 11 is 0. The molecule has 33 heavy (non-hydrogen) atoms. The van der Waals surface area contributed by atoms with Crippen molar-refractivity contribution in [3.63, 3.8) is 0 Å². The minimum atomic E-state index is -4.13. The highest BCUT2D eigenvalue weighted by Crippen LogP contribution is 2.62. The lowest BCUT2D eigenvalue weighted by atomic mass is 9.49. The van der Waals surface area contributed by atoms with Crippen molar-refractivity contribution in [1.82, 2.24) is 0 Å². The molecule has 0 aromatic carbocycles. The average Bonchev–Trinajstić information content (AvgIpc) is 3.33. The molecule has 0 radical (unpaired) electrons. The van der Waals surface area contributed by atoms with Crippen LogP contribution in [0.2, 0.25) is 0 Å². The van der Waals surface area contributed by atoms with Gasteiger partial charge in [0.25, 0.3) is 10.1 Å². The zero-order valence-corrected chi connectivity index (χ0v) is 19.2. The van der Waals surface area contributed by atoms with Gasteiger partial charge in [-0.1, -0.05) is 0 Å². The second-order valence-electron chi connectivity index (χ2n) is 11.4. The first-order valence-electron chi connectivity index (χ1n) is 12.2. The van der Waals surface area contributed by atoms with E-state index in [-0.39, 0.29) is 30.8 Å². The van der Waals surface area contributed by atoms with Crippen molar-refractivity contribution >= 4 is 28.0 Å². The van der Waals surface area contributed by atoms with Crippen LogP contribution in [0, 0.1) is 46.8 Å². The summed E-state index contributed by atoms with van der Waals surface area (Å²) in [5.41, 5.74) is -0.426. The van der Waals surface area contributed by atoms with Crippen LogP contribution in [0.25, 0.3) is 0 Å². The SMILES string of the molecule is O=C1OC2C3CC(C2OC(=O)C24CC5CC(CC(C5)C2)C4)C(C(=O)OCCCS(=O)(=O)O)C13. The summed E-state index contributed by atoms with van der Waals surface area (Å²) in [5, 5.41) is 0. The summed E-state index contributed by atoms with van der Waals surface area (Å²) in [6.07, 6.45) is 5.71. The lowest BCUT2D eigenvalue weighted by Crippen LogP contribution is -2.52. The molecule has 1 heterocycles. The number of ether oxygens (including phenoxy) is 3. The van der Waals surface area contributed by atoms with Crippen molar-refractivity contribution in [1.29, 1.82) is 0 Å². The Morgan fingerprint density at radius 1 is 1.03 bits per heavy atom. The standard InChI is InChI=1S/C23H30O9S/c24-20(30-2-1-3-33(27,28)29)16-14-7-15-17(16)21(25)31-18(15)19(14)32-22(26)23-8-11-4-12(9-23)6-13(5-11)10-23/h11-19H,1-10H2,(H,27,28,29). The third-order valence-corrected chi connectivity index (χ3v) is 10.1. The van der Waals surface area contributed by atoms with Crippen molar-refractivity contribution in [2.24, 2.45) is 46.8 Å². The molecular weight excluding hydrogens is 452 g/mol. The quantitative estimate of drug-likeness (QED) is 0.249. The summed E-state index contributed by atoms with van der Waals surface area (Å²) < 4.78 is 47.5. The van der Waals surface area contributed by atoms with Gasteiger partial charge in [0.05, 0.1) is 29.6 Å². The molecule has 1 saturated heterocycles. The Labute approximate surface area is 192 Å². The lowest BCUT2D eigenvalue weighted by molar-refractivity contribution is -0.187. The second-order valence-corrected chi connectivity index (χ2v) is 13.0. The van der Waals surface area contributed by atoms with E-state index in [4.69, 9.17) is 18.8 Å². The third-order valence-electron chi connectivity index (χ3n) is 9.32. The van der Waals surface area contributed by atoms with Gasteiger partial charge < -0.3 is 14.2 Å². The van der Waals surface area contributed by atoms with E-state index in [0.29, 0.717) is 24.2 Å². The first kappa shape index (κ1) is 21.8. The zero-order valence-electron chi connectivity index (χ0n) is 18.4. The van der Waals surface area contributed by atoms with Crippen molar-refractivity contribution in [2.45, 2.75) is 63.6 Å². The van der Waals surface area contributed by atoms with Gasteiger partial charge in [-0.2, -0.15) is 8.42 Å². The van der Waals surface area contributed by atoms with Crippen LogP contribution in [0.4, 0.5) is 0 Å². The molecule has 6 unspecified atom stereocenters. The van der Waals surface area contributed by atoms with Crippen LogP contribution in [-0.2, 0) is 38.7 Å². The maximum Gasteiger partial charge on any atom is 0.312 e. The van der Waals surface area contributed by atoms with E-state index in [2.05, 4.69) is 0 Å². The van der Waals surface area contributed by atoms with Crippen LogP contribution in [0.1, 0.15) is 51.4 Å². The highest BCUT2D eigenvalue weighted by Gasteiger charge is 2.70. The number of carbonyl (C=O) groups excluding carboxylic acids is 3. The molecule has 7 aliphatic rings. The van der Waals surface area contributed by atoms with Crippen molar-refractivity contribution in [3.05, 3.63) is 0 Å². The molecule has 7 rings (SSSR count). The number of hydrogen-bond acceptors (Lipinski definition) is 8. The van der Waals surface area contributed by atoms with Gasteiger partial charge in [-0.25, -0.2) is 0 Å². The molecule has 7 fully saturated rings. The van der Waals surface area contributed by atoms with Gasteiger partial charge in [0.2, 0.25) is 0 Å². The summed E-state index contributed by atoms with van der Waals surface area (Å²) in [7, 11) is -4.13. The topological polar surface area (TPSA) is 133 Å². The predicted octanol–water partition coefficient (Wildman–Crippen LogP) is 1.74. The summed E-state index contributed by atoms with van der Waals surface area (Å²) in [6, 6.07) is 0. The van der Waals surface area contributed by atoms with E-state index in [1.54, 1.807) is 0 Å². The summed E-state index contributed by atoms with van der Waals surface area (Å²) in [4.78, 5) is 38.9. The Kier molecular flexibility index (Phi) is 4.90. The molecule has 10 heteroatoms. The van der Waals surface area contributed by atoms with Crippen LogP contribution < -0.4 is 0 Å². The Hall–Kier alpha value is -1.68. The Bertz CT molecular complexity index is 953. The van der Waals surface area contributed by atoms with E-state index >= 15 is 0 Å². The molecule has 6 bridgehead atoms. The summed E-state index contributed by atoms with van der Waals surface area (Å²) in [5.74, 6) is -1.75. The van der Waals surface area contributed by atoms with Crippen LogP contribution in [0.3, 0.4) is 0 Å². The van der Waals surface area contributed by atoms with Gasteiger partial charge in [-0.15, -0.1) is 0 Å². The summed E-state index contributed by atoms with van der Waals surface area (Å²) in [6.45, 7) is -0.171. The number of fused-ring (bicyclic) bond motifs is 1. The molecule has 182 valence electrons. The largest absolute Gasteiger partial charge is 0.465 e. The van der Waals surface area contributed by atoms with Crippen molar-refractivity contribution in [2.75, 3.05) is 12.4 Å². The molecule has 6 saturated carbocycles. The van der Waals surface area contributed by atoms with Crippen molar-refractivity contribution < 1.29 is 41.6 Å². The highest BCUT2D eigenvalue weighted by atomic mass is 32.2. The van der Waals surface area contributed by atoms with Gasteiger partial charge >= 0.3 is 17.9 Å². The van der Waals surface area contributed by atoms with Gasteiger partial charge in [0.15, 0.2) is 0 Å². The minimum Gasteiger partial charge on any atom is -0.465 e. The average molecular weight is 483 g/mol. The fourth-order valence-corrected chi connectivity index (χ4v) is 9.07. The zero-order chi connectivity index (χ0) is 23.1. The van der Waals surface area contributed by atoms with E-state index in [0.717, 1.165) is 19.3 Å². The lowest BCUT2D eigenvalue weighted by Gasteiger charge is -2.55. The van der Waals surface area contributed by atoms with E-state index in [1.165, 1.54) is 19.3 Å². The Morgan fingerprint density at radius 3 is 2.27 bits per heavy atom. The van der Waals surface area contributed by atoms with Gasteiger partial charge in [0.1, 0.15) is 12.2 Å². The number of esters is 3. The Balaban J connectivity index is 1.15. The molecule has 1 N–H and O–H groups in total. The normalized spacial score (nSPS) is 46.5. The maximum absolute atomic E-state index is 13.5. The molecule has 9 nitrogen and oxygen atoms in total. The smallest absolute Gasteiger partial charge is 0.312 e. The van der Waals surface area contributed by atoms with Crippen LogP contribution in [0.5, 0.6) is 0 Å². The fraction of sp³-hybridized carbons (Fsp3) is 0.870. The monoisotopic (exact) mass is 482 g/mol. The molecule has 0 amide bonds. The fourth-order valence-electron chi connectivity index (χ4n) is 8.59. The molecule has 6 aliphatic carbocycles. The minimum absolute atomic E-state index is 0.0342. The van der Waals surface area contributed by atoms with Gasteiger partial charge in [-0.3, -0.25) is 18.9 Å². The molecule has 0 aromatic heterocycles.